The number of nitrogens with one attached hydrogen (secondary N) is 1. The highest BCUT2D eigenvalue weighted by Gasteiger charge is 2.19. The first kappa shape index (κ1) is 15.8. The molecule has 0 spiro atoms. The van der Waals surface area contributed by atoms with Gasteiger partial charge in [-0.25, -0.2) is 4.79 Å². The van der Waals surface area contributed by atoms with Gasteiger partial charge in [-0.3, -0.25) is 29.3 Å². The number of aromatic amines is 1. The highest BCUT2D eigenvalue weighted by atomic mass is 79.9. The fourth-order valence-electron chi connectivity index (χ4n) is 1.52. The van der Waals surface area contributed by atoms with Crippen LogP contribution in [-0.4, -0.2) is 20.3 Å². The van der Waals surface area contributed by atoms with Gasteiger partial charge >= 0.3 is 16.9 Å². The summed E-state index contributed by atoms with van der Waals surface area (Å²) in [4.78, 5) is 46.5. The summed E-state index contributed by atoms with van der Waals surface area (Å²) in [5.74, 6) is -0.424. The number of ketones is 1. The monoisotopic (exact) mass is 437 g/mol. The summed E-state index contributed by atoms with van der Waals surface area (Å²) in [6, 6.07) is 1.57. The Kier molecular flexibility index (Phi) is 4.54. The molecule has 2 heterocycles. The van der Waals surface area contributed by atoms with Gasteiger partial charge in [-0.2, -0.15) is 0 Å². The Labute approximate surface area is 136 Å². The first-order chi connectivity index (χ1) is 9.79. The van der Waals surface area contributed by atoms with Crippen molar-refractivity contribution in [1.82, 2.24) is 9.55 Å². The zero-order valence-corrected chi connectivity index (χ0v) is 14.0. The Hall–Kier alpha value is -1.59. The Morgan fingerprint density at radius 2 is 2.10 bits per heavy atom. The molecule has 0 aromatic carbocycles. The summed E-state index contributed by atoms with van der Waals surface area (Å²) in [5.41, 5.74) is -2.45. The van der Waals surface area contributed by atoms with Gasteiger partial charge in [-0.05, 0) is 37.9 Å². The van der Waals surface area contributed by atoms with Crippen LogP contribution >= 0.6 is 43.2 Å². The van der Waals surface area contributed by atoms with Crippen LogP contribution in [0.5, 0.6) is 0 Å². The van der Waals surface area contributed by atoms with Crippen LogP contribution in [0.25, 0.3) is 0 Å². The molecule has 2 aromatic heterocycles. The summed E-state index contributed by atoms with van der Waals surface area (Å²) in [6.07, 6.45) is 0.758. The second kappa shape index (κ2) is 6.03. The molecule has 0 fully saturated rings. The van der Waals surface area contributed by atoms with E-state index in [0.717, 1.165) is 14.6 Å². The predicted octanol–water partition coefficient (Wildman–Crippen LogP) is 1.91. The molecule has 0 amide bonds. The van der Waals surface area contributed by atoms with E-state index in [0.29, 0.717) is 9.35 Å². The van der Waals surface area contributed by atoms with Gasteiger partial charge in [0, 0.05) is 5.56 Å². The number of nitrogens with zero attached hydrogens (tertiary/aromatic N) is 2. The molecule has 0 aliphatic rings. The van der Waals surface area contributed by atoms with E-state index in [4.69, 9.17) is 0 Å². The van der Waals surface area contributed by atoms with E-state index in [2.05, 4.69) is 31.9 Å². The highest BCUT2D eigenvalue weighted by molar-refractivity contribution is 9.12. The van der Waals surface area contributed by atoms with Crippen LogP contribution in [0.2, 0.25) is 0 Å². The summed E-state index contributed by atoms with van der Waals surface area (Å²) in [5, 5.41) is 10.7. The minimum Gasteiger partial charge on any atom is -0.292 e. The van der Waals surface area contributed by atoms with Crippen LogP contribution in [-0.2, 0) is 6.54 Å². The molecular formula is C10H5Br2N3O5S. The van der Waals surface area contributed by atoms with E-state index >= 15 is 0 Å². The third kappa shape index (κ3) is 3.36. The first-order valence-corrected chi connectivity index (χ1v) is 7.66. The molecule has 8 nitrogen and oxygen atoms in total. The van der Waals surface area contributed by atoms with Crippen molar-refractivity contribution < 1.29 is 9.72 Å². The molecule has 110 valence electrons. The van der Waals surface area contributed by atoms with Crippen molar-refractivity contribution in [2.75, 3.05) is 0 Å². The molecule has 0 unspecified atom stereocenters. The average Bonchev–Trinajstić information content (AvgIpc) is 2.71. The largest absolute Gasteiger partial charge is 0.350 e. The topological polar surface area (TPSA) is 115 Å². The van der Waals surface area contributed by atoms with Crippen LogP contribution in [0, 0.1) is 10.1 Å². The van der Waals surface area contributed by atoms with Gasteiger partial charge in [-0.15, -0.1) is 11.3 Å². The third-order valence-corrected chi connectivity index (χ3v) is 4.80. The van der Waals surface area contributed by atoms with Crippen LogP contribution in [0.15, 0.2) is 29.4 Å². The van der Waals surface area contributed by atoms with Gasteiger partial charge in [0.15, 0.2) is 5.78 Å². The van der Waals surface area contributed by atoms with Crippen molar-refractivity contribution in [2.45, 2.75) is 6.54 Å². The van der Waals surface area contributed by atoms with E-state index in [-0.39, 0.29) is 0 Å². The molecule has 0 radical (unpaired) electrons. The van der Waals surface area contributed by atoms with Crippen LogP contribution in [0.1, 0.15) is 10.4 Å². The Morgan fingerprint density at radius 1 is 1.43 bits per heavy atom. The lowest BCUT2D eigenvalue weighted by Crippen LogP contribution is -2.32. The quantitative estimate of drug-likeness (QED) is 0.444. The van der Waals surface area contributed by atoms with E-state index in [9.17, 15) is 24.5 Å². The van der Waals surface area contributed by atoms with Crippen molar-refractivity contribution in [3.8, 4) is 0 Å². The average molecular weight is 439 g/mol. The van der Waals surface area contributed by atoms with E-state index in [1.165, 1.54) is 11.3 Å². The summed E-state index contributed by atoms with van der Waals surface area (Å²) < 4.78 is 2.09. The predicted molar refractivity (Wildman–Crippen MR) is 82.0 cm³/mol. The minimum atomic E-state index is -1.10. The molecule has 0 bridgehead atoms. The number of carbonyl (C=O) groups is 1. The second-order valence-electron chi connectivity index (χ2n) is 3.82. The smallest absolute Gasteiger partial charge is 0.292 e. The summed E-state index contributed by atoms with van der Waals surface area (Å²) in [7, 11) is 0. The Balaban J connectivity index is 2.40. The molecule has 1 N–H and O–H groups in total. The number of thiophene rings is 1. The zero-order valence-electron chi connectivity index (χ0n) is 9.96. The van der Waals surface area contributed by atoms with Crippen molar-refractivity contribution in [2.24, 2.45) is 0 Å². The number of nitro groups is 1. The molecule has 11 heteroatoms. The number of halogens is 2. The maximum Gasteiger partial charge on any atom is 0.350 e. The molecule has 2 aromatic rings. The normalized spacial score (nSPS) is 10.6. The van der Waals surface area contributed by atoms with Gasteiger partial charge in [0.1, 0.15) is 0 Å². The zero-order chi connectivity index (χ0) is 15.7. The maximum atomic E-state index is 12.1. The summed E-state index contributed by atoms with van der Waals surface area (Å²) >= 11 is 7.72. The fourth-order valence-corrected chi connectivity index (χ4v) is 4.37. The first-order valence-electron chi connectivity index (χ1n) is 5.25. The van der Waals surface area contributed by atoms with E-state index < -0.39 is 34.2 Å². The minimum absolute atomic E-state index is 0.340. The van der Waals surface area contributed by atoms with Crippen molar-refractivity contribution >= 4 is 54.7 Å². The van der Waals surface area contributed by atoms with Crippen LogP contribution in [0.4, 0.5) is 5.69 Å². The Morgan fingerprint density at radius 3 is 2.62 bits per heavy atom. The number of carbonyl (C=O) groups excluding carboxylic acids is 1. The van der Waals surface area contributed by atoms with Crippen molar-refractivity contribution in [3.05, 3.63) is 56.4 Å². The molecule has 0 saturated heterocycles. The number of Topliss-reactive ketones (excluding diaryl/α,β-unsaturated/α-hetero) is 1. The number of hydrogen-bond acceptors (Lipinski definition) is 6. The van der Waals surface area contributed by atoms with Gasteiger partial charge in [0.2, 0.25) is 0 Å². The molecule has 0 aliphatic carbocycles. The highest BCUT2D eigenvalue weighted by Crippen LogP contribution is 2.32. The van der Waals surface area contributed by atoms with Gasteiger partial charge in [0.25, 0.3) is 0 Å². The lowest BCUT2D eigenvalue weighted by atomic mass is 10.2. The molecular weight excluding hydrogens is 434 g/mol. The third-order valence-electron chi connectivity index (χ3n) is 2.46. The second-order valence-corrected chi connectivity index (χ2v) is 7.57. The number of hydrogen-bond donors (Lipinski definition) is 1. The fraction of sp³-hybridized carbons (Fsp3) is 0.100. The van der Waals surface area contributed by atoms with Crippen LogP contribution < -0.4 is 11.2 Å². The number of H-pyrrole nitrogens is 1. The SMILES string of the molecule is O=C(Cn1cc([N+](=O)[O-])c(=O)[nH]c1=O)c1cc(Br)sc1Br. The lowest BCUT2D eigenvalue weighted by Gasteiger charge is -2.03. The maximum absolute atomic E-state index is 12.1. The molecule has 0 aliphatic heterocycles. The molecule has 0 atom stereocenters. The lowest BCUT2D eigenvalue weighted by molar-refractivity contribution is -0.386. The molecule has 0 saturated carbocycles. The van der Waals surface area contributed by atoms with E-state index in [1.807, 2.05) is 0 Å². The molecule has 2 rings (SSSR count). The van der Waals surface area contributed by atoms with Gasteiger partial charge in [0.05, 0.1) is 25.2 Å². The molecule has 21 heavy (non-hydrogen) atoms. The number of aromatic nitrogens is 2. The van der Waals surface area contributed by atoms with Gasteiger partial charge < -0.3 is 0 Å². The standard InChI is InChI=1S/C10H5Br2N3O5S/c11-7-1-4(8(12)21-7)6(16)3-14-2-5(15(19)20)9(17)13-10(14)18/h1-2H,3H2,(H,13,17,18). The summed E-state index contributed by atoms with van der Waals surface area (Å²) in [6.45, 7) is -0.418. The van der Waals surface area contributed by atoms with Gasteiger partial charge in [-0.1, -0.05) is 0 Å². The van der Waals surface area contributed by atoms with E-state index in [1.54, 1.807) is 11.1 Å². The van der Waals surface area contributed by atoms with Crippen molar-refractivity contribution in [3.63, 3.8) is 0 Å². The Bertz CT molecular complexity index is 853. The number of rotatable bonds is 4. The van der Waals surface area contributed by atoms with Crippen LogP contribution in [0.3, 0.4) is 0 Å². The van der Waals surface area contributed by atoms with Crippen molar-refractivity contribution in [1.29, 1.82) is 0 Å².